The summed E-state index contributed by atoms with van der Waals surface area (Å²) in [6, 6.07) is 5.91. The lowest BCUT2D eigenvalue weighted by Crippen LogP contribution is -2.28. The average molecular weight is 203 g/mol. The van der Waals surface area contributed by atoms with Crippen LogP contribution in [0.1, 0.15) is 18.4 Å². The van der Waals surface area contributed by atoms with E-state index in [9.17, 15) is 0 Å². The van der Waals surface area contributed by atoms with E-state index in [1.807, 2.05) is 6.07 Å². The third kappa shape index (κ3) is 2.67. The van der Waals surface area contributed by atoms with Gasteiger partial charge in [-0.3, -0.25) is 0 Å². The number of nitrogens with zero attached hydrogens (tertiary/aromatic N) is 2. The van der Waals surface area contributed by atoms with E-state index in [1.54, 1.807) is 12.1 Å². The monoisotopic (exact) mass is 203 g/mol. The molecule has 1 N–H and O–H groups in total. The van der Waals surface area contributed by atoms with Crippen LogP contribution in [-0.4, -0.2) is 24.2 Å². The fourth-order valence-electron chi connectivity index (χ4n) is 1.62. The van der Waals surface area contributed by atoms with Gasteiger partial charge in [-0.15, -0.1) is 0 Å². The second-order valence-electron chi connectivity index (χ2n) is 3.60. The van der Waals surface area contributed by atoms with Crippen molar-refractivity contribution in [1.82, 2.24) is 10.3 Å². The van der Waals surface area contributed by atoms with Gasteiger partial charge in [0, 0.05) is 18.3 Å². The Morgan fingerprint density at radius 1 is 1.60 bits per heavy atom. The van der Waals surface area contributed by atoms with Crippen molar-refractivity contribution in [3.05, 3.63) is 23.9 Å². The van der Waals surface area contributed by atoms with Crippen LogP contribution in [0.15, 0.2) is 18.3 Å². The summed E-state index contributed by atoms with van der Waals surface area (Å²) in [7, 11) is 0. The largest absolute Gasteiger partial charge is 0.476 e. The molecule has 2 rings (SSSR count). The summed E-state index contributed by atoms with van der Waals surface area (Å²) >= 11 is 0. The lowest BCUT2D eigenvalue weighted by atomic mass is 10.2. The highest BCUT2D eigenvalue weighted by Crippen LogP contribution is 2.10. The number of nitrogens with one attached hydrogen (secondary N) is 1. The standard InChI is InChI=1S/C11H13N3O/c12-6-9-3-4-11(14-7-9)15-8-10-2-1-5-13-10/h3-4,7,10,13H,1-2,5,8H2. The Bertz CT molecular complexity index is 349. The number of rotatable bonds is 3. The van der Waals surface area contributed by atoms with Crippen LogP contribution >= 0.6 is 0 Å². The van der Waals surface area contributed by atoms with Crippen molar-refractivity contribution in [1.29, 1.82) is 5.26 Å². The van der Waals surface area contributed by atoms with Crippen LogP contribution in [0, 0.1) is 11.3 Å². The Kier molecular flexibility index (Phi) is 3.15. The summed E-state index contributed by atoms with van der Waals surface area (Å²) in [4.78, 5) is 4.04. The fourth-order valence-corrected chi connectivity index (χ4v) is 1.62. The quantitative estimate of drug-likeness (QED) is 0.798. The summed E-state index contributed by atoms with van der Waals surface area (Å²) in [6.07, 6.45) is 3.91. The predicted octanol–water partition coefficient (Wildman–Crippen LogP) is 1.08. The fraction of sp³-hybridized carbons (Fsp3) is 0.455. The van der Waals surface area contributed by atoms with E-state index in [0.29, 0.717) is 24.1 Å². The molecule has 1 aliphatic rings. The molecule has 15 heavy (non-hydrogen) atoms. The number of nitriles is 1. The highest BCUT2D eigenvalue weighted by atomic mass is 16.5. The van der Waals surface area contributed by atoms with Crippen LogP contribution in [0.2, 0.25) is 0 Å². The number of hydrogen-bond acceptors (Lipinski definition) is 4. The van der Waals surface area contributed by atoms with E-state index in [-0.39, 0.29) is 0 Å². The Morgan fingerprint density at radius 2 is 2.53 bits per heavy atom. The summed E-state index contributed by atoms with van der Waals surface area (Å²) in [5.41, 5.74) is 0.557. The first-order valence-corrected chi connectivity index (χ1v) is 5.11. The van der Waals surface area contributed by atoms with Crippen LogP contribution in [0.5, 0.6) is 5.88 Å². The van der Waals surface area contributed by atoms with Gasteiger partial charge in [0.15, 0.2) is 0 Å². The number of aromatic nitrogens is 1. The molecule has 1 atom stereocenters. The van der Waals surface area contributed by atoms with Gasteiger partial charge >= 0.3 is 0 Å². The zero-order chi connectivity index (χ0) is 10.5. The maximum Gasteiger partial charge on any atom is 0.213 e. The van der Waals surface area contributed by atoms with E-state index in [0.717, 1.165) is 13.0 Å². The first kappa shape index (κ1) is 9.94. The molecule has 1 aromatic heterocycles. The molecule has 0 radical (unpaired) electrons. The van der Waals surface area contributed by atoms with Crippen molar-refractivity contribution in [3.63, 3.8) is 0 Å². The van der Waals surface area contributed by atoms with Crippen molar-refractivity contribution in [2.45, 2.75) is 18.9 Å². The summed E-state index contributed by atoms with van der Waals surface area (Å²) in [6.45, 7) is 1.73. The van der Waals surface area contributed by atoms with E-state index >= 15 is 0 Å². The third-order valence-electron chi connectivity index (χ3n) is 2.46. The van der Waals surface area contributed by atoms with Gasteiger partial charge in [-0.1, -0.05) is 0 Å². The second-order valence-corrected chi connectivity index (χ2v) is 3.60. The third-order valence-corrected chi connectivity index (χ3v) is 2.46. The van der Waals surface area contributed by atoms with Crippen LogP contribution in [0.3, 0.4) is 0 Å². The smallest absolute Gasteiger partial charge is 0.213 e. The van der Waals surface area contributed by atoms with Gasteiger partial charge in [0.1, 0.15) is 12.7 Å². The minimum atomic E-state index is 0.447. The van der Waals surface area contributed by atoms with Crippen molar-refractivity contribution in [2.24, 2.45) is 0 Å². The SMILES string of the molecule is N#Cc1ccc(OCC2CCCN2)nc1. The van der Waals surface area contributed by atoms with Crippen LogP contribution in [0.25, 0.3) is 0 Å². The van der Waals surface area contributed by atoms with Gasteiger partial charge < -0.3 is 10.1 Å². The minimum absolute atomic E-state index is 0.447. The summed E-state index contributed by atoms with van der Waals surface area (Å²) in [5, 5.41) is 11.9. The number of hydrogen-bond donors (Lipinski definition) is 1. The highest BCUT2D eigenvalue weighted by Gasteiger charge is 2.14. The molecule has 0 saturated carbocycles. The molecule has 2 heterocycles. The Balaban J connectivity index is 1.85. The Hall–Kier alpha value is -1.60. The molecule has 0 bridgehead atoms. The molecule has 1 aromatic rings. The van der Waals surface area contributed by atoms with Gasteiger partial charge in [-0.05, 0) is 25.5 Å². The lowest BCUT2D eigenvalue weighted by molar-refractivity contribution is 0.267. The zero-order valence-corrected chi connectivity index (χ0v) is 8.44. The minimum Gasteiger partial charge on any atom is -0.476 e. The molecule has 0 spiro atoms. The van der Waals surface area contributed by atoms with Gasteiger partial charge in [0.05, 0.1) is 5.56 Å². The normalized spacial score (nSPS) is 19.8. The zero-order valence-electron chi connectivity index (χ0n) is 8.44. The molecule has 78 valence electrons. The Labute approximate surface area is 88.9 Å². The van der Waals surface area contributed by atoms with Crippen molar-refractivity contribution >= 4 is 0 Å². The van der Waals surface area contributed by atoms with Gasteiger partial charge in [0.25, 0.3) is 0 Å². The van der Waals surface area contributed by atoms with E-state index in [4.69, 9.17) is 10.00 Å². The van der Waals surface area contributed by atoms with E-state index < -0.39 is 0 Å². The van der Waals surface area contributed by atoms with Crippen molar-refractivity contribution in [2.75, 3.05) is 13.2 Å². The molecule has 1 fully saturated rings. The van der Waals surface area contributed by atoms with Gasteiger partial charge in [-0.25, -0.2) is 4.98 Å². The Morgan fingerprint density at radius 3 is 3.13 bits per heavy atom. The molecule has 1 saturated heterocycles. The highest BCUT2D eigenvalue weighted by molar-refractivity contribution is 5.28. The first-order valence-electron chi connectivity index (χ1n) is 5.11. The summed E-state index contributed by atoms with van der Waals surface area (Å²) in [5.74, 6) is 0.586. The maximum absolute atomic E-state index is 8.59. The molecular formula is C11H13N3O. The number of pyridine rings is 1. The van der Waals surface area contributed by atoms with E-state index in [1.165, 1.54) is 12.6 Å². The second kappa shape index (κ2) is 4.76. The van der Waals surface area contributed by atoms with Crippen LogP contribution in [0.4, 0.5) is 0 Å². The summed E-state index contributed by atoms with van der Waals surface area (Å²) < 4.78 is 5.51. The van der Waals surface area contributed by atoms with Gasteiger partial charge in [0.2, 0.25) is 5.88 Å². The lowest BCUT2D eigenvalue weighted by Gasteiger charge is -2.10. The molecule has 4 nitrogen and oxygen atoms in total. The maximum atomic E-state index is 8.59. The van der Waals surface area contributed by atoms with E-state index in [2.05, 4.69) is 10.3 Å². The first-order chi connectivity index (χ1) is 7.38. The van der Waals surface area contributed by atoms with Crippen LogP contribution in [-0.2, 0) is 0 Å². The molecule has 1 aliphatic heterocycles. The predicted molar refractivity (Wildman–Crippen MR) is 55.5 cm³/mol. The molecule has 0 aliphatic carbocycles. The van der Waals surface area contributed by atoms with Gasteiger partial charge in [-0.2, -0.15) is 5.26 Å². The molecular weight excluding hydrogens is 190 g/mol. The number of ether oxygens (including phenoxy) is 1. The van der Waals surface area contributed by atoms with Crippen LogP contribution < -0.4 is 10.1 Å². The molecule has 0 amide bonds. The molecule has 4 heteroatoms. The van der Waals surface area contributed by atoms with Crippen molar-refractivity contribution in [3.8, 4) is 11.9 Å². The topological polar surface area (TPSA) is 57.9 Å². The van der Waals surface area contributed by atoms with Crippen molar-refractivity contribution < 1.29 is 4.74 Å². The molecule has 1 unspecified atom stereocenters. The molecule has 0 aromatic carbocycles. The average Bonchev–Trinajstić information content (AvgIpc) is 2.80.